The van der Waals surface area contributed by atoms with Gasteiger partial charge in [-0.25, -0.2) is 13.2 Å². The number of fused-ring (bicyclic) bond motifs is 1. The van der Waals surface area contributed by atoms with Gasteiger partial charge >= 0.3 is 6.03 Å². The number of nitrogens with one attached hydrogen (secondary N) is 3. The average molecular weight is 343 g/mol. The van der Waals surface area contributed by atoms with Crippen LogP contribution in [-0.4, -0.2) is 26.4 Å². The minimum absolute atomic E-state index is 0.236. The minimum Gasteiger partial charge on any atom is -0.384 e. The van der Waals surface area contributed by atoms with Crippen LogP contribution >= 0.6 is 0 Å². The van der Waals surface area contributed by atoms with Gasteiger partial charge in [-0.15, -0.1) is 0 Å². The number of hydrogen-bond donors (Lipinski definition) is 3. The van der Waals surface area contributed by atoms with Crippen molar-refractivity contribution in [1.82, 2.24) is 10.6 Å². The number of rotatable bonds is 3. The van der Waals surface area contributed by atoms with Crippen molar-refractivity contribution in [2.75, 3.05) is 11.9 Å². The number of hydrogen-bond acceptors (Lipinski definition) is 4. The van der Waals surface area contributed by atoms with Crippen molar-refractivity contribution < 1.29 is 13.2 Å². The molecule has 0 bridgehead atoms. The summed E-state index contributed by atoms with van der Waals surface area (Å²) in [6, 6.07) is 13.1. The fraction of sp³-hybridized carbons (Fsp3) is 0.235. The number of sulfone groups is 1. The van der Waals surface area contributed by atoms with Crippen LogP contribution in [0.4, 0.5) is 10.5 Å². The highest BCUT2D eigenvalue weighted by Gasteiger charge is 2.42. The number of anilines is 1. The molecule has 2 aromatic rings. The van der Waals surface area contributed by atoms with Gasteiger partial charge in [0, 0.05) is 12.2 Å². The van der Waals surface area contributed by atoms with E-state index in [0.717, 1.165) is 29.8 Å². The molecule has 1 fully saturated rings. The van der Waals surface area contributed by atoms with E-state index in [2.05, 4.69) is 16.0 Å². The van der Waals surface area contributed by atoms with Crippen LogP contribution in [0.15, 0.2) is 53.4 Å². The van der Waals surface area contributed by atoms with Gasteiger partial charge in [-0.1, -0.05) is 30.3 Å². The molecule has 0 saturated carbocycles. The lowest BCUT2D eigenvalue weighted by molar-refractivity contribution is 0.247. The molecule has 2 unspecified atom stereocenters. The smallest absolute Gasteiger partial charge is 0.316 e. The summed E-state index contributed by atoms with van der Waals surface area (Å²) >= 11 is 0. The topological polar surface area (TPSA) is 87.3 Å². The summed E-state index contributed by atoms with van der Waals surface area (Å²) < 4.78 is 26.2. The summed E-state index contributed by atoms with van der Waals surface area (Å²) in [6.07, 6.45) is 0.802. The van der Waals surface area contributed by atoms with Crippen LogP contribution in [0.1, 0.15) is 17.2 Å². The Balaban J connectivity index is 1.74. The van der Waals surface area contributed by atoms with Gasteiger partial charge in [-0.3, -0.25) is 0 Å². The van der Waals surface area contributed by atoms with Crippen LogP contribution in [0.2, 0.25) is 0 Å². The zero-order valence-corrected chi connectivity index (χ0v) is 13.6. The average Bonchev–Trinajstić information content (AvgIpc) is 3.21. The zero-order valence-electron chi connectivity index (χ0n) is 12.8. The van der Waals surface area contributed by atoms with E-state index in [1.54, 1.807) is 18.2 Å². The van der Waals surface area contributed by atoms with Crippen LogP contribution < -0.4 is 16.0 Å². The minimum atomic E-state index is -3.71. The monoisotopic (exact) mass is 343 g/mol. The first-order valence-corrected chi connectivity index (χ1v) is 9.33. The molecule has 24 heavy (non-hydrogen) atoms. The SMILES string of the molecule is O=C1NC(c2ccccc2)C(S(=O)(=O)c2ccc3c(c2)CCN3)N1. The predicted molar refractivity (Wildman–Crippen MR) is 90.5 cm³/mol. The molecule has 2 aromatic carbocycles. The Kier molecular flexibility index (Phi) is 3.45. The molecule has 0 radical (unpaired) electrons. The highest BCUT2D eigenvalue weighted by Crippen LogP contribution is 2.31. The van der Waals surface area contributed by atoms with Crippen molar-refractivity contribution in [3.63, 3.8) is 0 Å². The molecule has 4 rings (SSSR count). The Labute approximate surface area is 140 Å². The molecule has 2 amide bonds. The molecule has 0 aromatic heterocycles. The lowest BCUT2D eigenvalue weighted by Crippen LogP contribution is -2.36. The Morgan fingerprint density at radius 2 is 1.79 bits per heavy atom. The molecule has 2 heterocycles. The van der Waals surface area contributed by atoms with Crippen molar-refractivity contribution in [3.05, 3.63) is 59.7 Å². The summed E-state index contributed by atoms with van der Waals surface area (Å²) in [5, 5.41) is 7.45. The highest BCUT2D eigenvalue weighted by molar-refractivity contribution is 7.92. The van der Waals surface area contributed by atoms with Crippen molar-refractivity contribution >= 4 is 21.6 Å². The van der Waals surface area contributed by atoms with E-state index in [9.17, 15) is 13.2 Å². The van der Waals surface area contributed by atoms with Crippen LogP contribution in [0.3, 0.4) is 0 Å². The fourth-order valence-electron chi connectivity index (χ4n) is 3.25. The molecular weight excluding hydrogens is 326 g/mol. The van der Waals surface area contributed by atoms with E-state index < -0.39 is 27.3 Å². The van der Waals surface area contributed by atoms with Crippen molar-refractivity contribution in [2.45, 2.75) is 22.7 Å². The first-order valence-electron chi connectivity index (χ1n) is 7.78. The third-order valence-corrected chi connectivity index (χ3v) is 6.44. The van der Waals surface area contributed by atoms with Crippen LogP contribution in [0.25, 0.3) is 0 Å². The lowest BCUT2D eigenvalue weighted by Gasteiger charge is -2.19. The summed E-state index contributed by atoms with van der Waals surface area (Å²) in [7, 11) is -3.71. The molecular formula is C17H17N3O3S. The second kappa shape index (κ2) is 5.52. The molecule has 2 aliphatic heterocycles. The van der Waals surface area contributed by atoms with E-state index in [1.165, 1.54) is 0 Å². The highest BCUT2D eigenvalue weighted by atomic mass is 32.2. The summed E-state index contributed by atoms with van der Waals surface area (Å²) in [4.78, 5) is 12.0. The van der Waals surface area contributed by atoms with Crippen molar-refractivity contribution in [2.24, 2.45) is 0 Å². The van der Waals surface area contributed by atoms with Crippen molar-refractivity contribution in [3.8, 4) is 0 Å². The molecule has 2 atom stereocenters. The lowest BCUT2D eigenvalue weighted by atomic mass is 10.1. The Bertz CT molecular complexity index is 897. The zero-order chi connectivity index (χ0) is 16.7. The van der Waals surface area contributed by atoms with Gasteiger partial charge in [-0.05, 0) is 35.7 Å². The summed E-state index contributed by atoms with van der Waals surface area (Å²) in [5.41, 5.74) is 2.72. The second-order valence-electron chi connectivity index (χ2n) is 5.97. The Hall–Kier alpha value is -2.54. The third kappa shape index (κ3) is 2.41. The molecule has 3 N–H and O–H groups in total. The van der Waals surface area contributed by atoms with Gasteiger partial charge in [0.05, 0.1) is 10.9 Å². The predicted octanol–water partition coefficient (Wildman–Crippen LogP) is 1.81. The van der Waals surface area contributed by atoms with Gasteiger partial charge in [0.2, 0.25) is 9.84 Å². The maximum atomic E-state index is 13.1. The number of benzene rings is 2. The van der Waals surface area contributed by atoms with Gasteiger partial charge in [-0.2, -0.15) is 0 Å². The largest absolute Gasteiger partial charge is 0.384 e. The Morgan fingerprint density at radius 1 is 1.00 bits per heavy atom. The molecule has 6 nitrogen and oxygen atoms in total. The summed E-state index contributed by atoms with van der Waals surface area (Å²) in [6.45, 7) is 0.813. The first-order chi connectivity index (χ1) is 11.6. The molecule has 0 aliphatic carbocycles. The van der Waals surface area contributed by atoms with Gasteiger partial charge in [0.15, 0.2) is 5.37 Å². The van der Waals surface area contributed by atoms with Gasteiger partial charge in [0.25, 0.3) is 0 Å². The van der Waals surface area contributed by atoms with Gasteiger partial charge in [0.1, 0.15) is 0 Å². The number of carbonyl (C=O) groups is 1. The van der Waals surface area contributed by atoms with E-state index in [-0.39, 0.29) is 4.90 Å². The van der Waals surface area contributed by atoms with E-state index >= 15 is 0 Å². The fourth-order valence-corrected chi connectivity index (χ4v) is 4.95. The maximum Gasteiger partial charge on any atom is 0.316 e. The second-order valence-corrected chi connectivity index (χ2v) is 8.04. The molecule has 7 heteroatoms. The molecule has 1 saturated heterocycles. The number of urea groups is 1. The number of carbonyl (C=O) groups excluding carboxylic acids is 1. The first kappa shape index (κ1) is 15.0. The Morgan fingerprint density at radius 3 is 2.58 bits per heavy atom. The van der Waals surface area contributed by atoms with Crippen molar-refractivity contribution in [1.29, 1.82) is 0 Å². The standard InChI is InChI=1S/C17H17N3O3S/c21-17-19-15(11-4-2-1-3-5-11)16(20-17)24(22,23)13-6-7-14-12(10-13)8-9-18-14/h1-7,10,15-16,18H,8-9H2,(H2,19,20,21). The maximum absolute atomic E-state index is 13.1. The van der Waals surface area contributed by atoms with E-state index in [0.29, 0.717) is 0 Å². The van der Waals surface area contributed by atoms with Crippen LogP contribution in [0.5, 0.6) is 0 Å². The molecule has 0 spiro atoms. The van der Waals surface area contributed by atoms with Gasteiger partial charge < -0.3 is 16.0 Å². The third-order valence-electron chi connectivity index (χ3n) is 4.47. The normalized spacial score (nSPS) is 22.4. The van der Waals surface area contributed by atoms with E-state index in [1.807, 2.05) is 30.3 Å². The quantitative estimate of drug-likeness (QED) is 0.793. The molecule has 2 aliphatic rings. The van der Waals surface area contributed by atoms with E-state index in [4.69, 9.17) is 0 Å². The van der Waals surface area contributed by atoms with Crippen LogP contribution in [0, 0.1) is 0 Å². The number of amides is 2. The van der Waals surface area contributed by atoms with Crippen LogP contribution in [-0.2, 0) is 16.3 Å². The summed E-state index contributed by atoms with van der Waals surface area (Å²) in [5.74, 6) is 0. The molecule has 124 valence electrons.